The minimum Gasteiger partial charge on any atom is -0.494 e. The lowest BCUT2D eigenvalue weighted by atomic mass is 10.2. The number of rotatable bonds is 7. The van der Waals surface area contributed by atoms with Crippen molar-refractivity contribution < 1.29 is 27.5 Å². The summed E-state index contributed by atoms with van der Waals surface area (Å²) in [6.07, 6.45) is 1.24. The third-order valence-electron chi connectivity index (χ3n) is 4.93. The number of nitrogens with one attached hydrogen (secondary N) is 1. The fraction of sp³-hybridized carbons (Fsp3) is 0.591. The van der Waals surface area contributed by atoms with Crippen LogP contribution in [0.25, 0.3) is 0 Å². The summed E-state index contributed by atoms with van der Waals surface area (Å²) in [7, 11) is -3.17. The number of amidine groups is 1. The van der Waals surface area contributed by atoms with Gasteiger partial charge in [0.1, 0.15) is 17.9 Å². The second kappa shape index (κ2) is 10.3. The number of fused-ring (bicyclic) bond motifs is 1. The first kappa shape index (κ1) is 25.4. The third kappa shape index (κ3) is 7.10. The van der Waals surface area contributed by atoms with Gasteiger partial charge in [0.25, 0.3) is 5.91 Å². The predicted octanol–water partition coefficient (Wildman–Crippen LogP) is 2.99. The van der Waals surface area contributed by atoms with E-state index in [1.807, 2.05) is 24.3 Å². The van der Waals surface area contributed by atoms with Gasteiger partial charge in [0.15, 0.2) is 15.0 Å². The molecule has 11 heteroatoms. The van der Waals surface area contributed by atoms with Gasteiger partial charge >= 0.3 is 6.09 Å². The Balaban J connectivity index is 1.78. The van der Waals surface area contributed by atoms with E-state index in [1.54, 1.807) is 25.7 Å². The maximum absolute atomic E-state index is 12.5. The highest BCUT2D eigenvalue weighted by molar-refractivity contribution is 8.16. The zero-order chi connectivity index (χ0) is 24.2. The molecule has 2 atom stereocenters. The van der Waals surface area contributed by atoms with E-state index >= 15 is 0 Å². The molecule has 2 aliphatic heterocycles. The van der Waals surface area contributed by atoms with E-state index in [-0.39, 0.29) is 29.3 Å². The van der Waals surface area contributed by atoms with E-state index in [0.717, 1.165) is 12.8 Å². The Kier molecular flexibility index (Phi) is 7.94. The summed E-state index contributed by atoms with van der Waals surface area (Å²) in [4.78, 5) is 30.3. The number of carbonyl (C=O) groups excluding carboxylic acids is 2. The maximum atomic E-state index is 12.5. The molecule has 1 aromatic rings. The molecule has 0 radical (unpaired) electrons. The second-order valence-corrected chi connectivity index (χ2v) is 12.4. The van der Waals surface area contributed by atoms with Gasteiger partial charge in [0, 0.05) is 17.0 Å². The molecule has 2 amide bonds. The molecular weight excluding hydrogens is 466 g/mol. The Morgan fingerprint density at radius 3 is 2.73 bits per heavy atom. The van der Waals surface area contributed by atoms with E-state index in [2.05, 4.69) is 17.2 Å². The van der Waals surface area contributed by atoms with E-state index < -0.39 is 27.4 Å². The van der Waals surface area contributed by atoms with Crippen molar-refractivity contribution in [3.05, 3.63) is 24.3 Å². The van der Waals surface area contributed by atoms with Crippen LogP contribution in [0.2, 0.25) is 0 Å². The number of benzene rings is 1. The van der Waals surface area contributed by atoms with Gasteiger partial charge in [0.2, 0.25) is 0 Å². The van der Waals surface area contributed by atoms with Crippen LogP contribution >= 0.6 is 11.8 Å². The maximum Gasteiger partial charge on any atom is 0.408 e. The van der Waals surface area contributed by atoms with Crippen LogP contribution in [0.1, 0.15) is 40.5 Å². The number of alkyl carbamates (subject to hydrolysis) is 1. The van der Waals surface area contributed by atoms with E-state index in [4.69, 9.17) is 9.47 Å². The van der Waals surface area contributed by atoms with Gasteiger partial charge in [-0.05, 0) is 39.3 Å². The van der Waals surface area contributed by atoms with Crippen molar-refractivity contribution in [1.29, 1.82) is 0 Å². The summed E-state index contributed by atoms with van der Waals surface area (Å²) in [6, 6.07) is 7.04. The van der Waals surface area contributed by atoms with Crippen molar-refractivity contribution in [2.24, 2.45) is 4.99 Å². The van der Waals surface area contributed by atoms with Crippen molar-refractivity contribution >= 4 is 44.5 Å². The first-order valence-corrected chi connectivity index (χ1v) is 13.6. The number of hydrogen-bond acceptors (Lipinski definition) is 7. The highest BCUT2D eigenvalue weighted by Gasteiger charge is 2.49. The molecule has 0 aliphatic carbocycles. The molecule has 9 nitrogen and oxygen atoms in total. The smallest absolute Gasteiger partial charge is 0.408 e. The molecule has 2 saturated heterocycles. The second-order valence-electron chi connectivity index (χ2n) is 9.01. The lowest BCUT2D eigenvalue weighted by molar-refractivity contribution is -0.117. The standard InChI is InChI=1S/C22H31N3O6S2/c1-5-6-10-30-16-9-7-8-15(11-16)25-17-13-33(28,29)14-18(17)32-20(25)24-19(26)12-23-21(27)31-22(2,3)4/h7-9,11,17-18H,5-6,10,12-14H2,1-4H3,(H,23,27)/t17-,18-/m1/s1. The van der Waals surface area contributed by atoms with Gasteiger partial charge in [-0.15, -0.1) is 0 Å². The fourth-order valence-electron chi connectivity index (χ4n) is 3.53. The lowest BCUT2D eigenvalue weighted by Crippen LogP contribution is -2.38. The largest absolute Gasteiger partial charge is 0.494 e. The lowest BCUT2D eigenvalue weighted by Gasteiger charge is -2.25. The quantitative estimate of drug-likeness (QED) is 0.572. The van der Waals surface area contributed by atoms with Crippen LogP contribution in [0.15, 0.2) is 29.3 Å². The van der Waals surface area contributed by atoms with Gasteiger partial charge in [-0.3, -0.25) is 4.79 Å². The molecule has 1 aromatic carbocycles. The Morgan fingerprint density at radius 1 is 1.27 bits per heavy atom. The Morgan fingerprint density at radius 2 is 2.03 bits per heavy atom. The predicted molar refractivity (Wildman–Crippen MR) is 130 cm³/mol. The molecule has 3 rings (SSSR count). The Labute approximate surface area is 199 Å². The monoisotopic (exact) mass is 497 g/mol. The van der Waals surface area contributed by atoms with Crippen LogP contribution in [-0.4, -0.2) is 67.1 Å². The summed E-state index contributed by atoms with van der Waals surface area (Å²) in [5, 5.41) is 2.61. The molecule has 0 bridgehead atoms. The molecule has 0 unspecified atom stereocenters. The number of unbranched alkanes of at least 4 members (excludes halogenated alkanes) is 1. The Hall–Kier alpha value is -2.27. The van der Waals surface area contributed by atoms with Crippen molar-refractivity contribution in [3.8, 4) is 5.75 Å². The van der Waals surface area contributed by atoms with Crippen LogP contribution in [-0.2, 0) is 19.4 Å². The number of anilines is 1. The molecule has 2 aliphatic rings. The van der Waals surface area contributed by atoms with Gasteiger partial charge in [-0.25, -0.2) is 13.2 Å². The first-order chi connectivity index (χ1) is 15.5. The molecule has 0 saturated carbocycles. The summed E-state index contributed by atoms with van der Waals surface area (Å²) in [6.45, 7) is 7.54. The van der Waals surface area contributed by atoms with E-state index in [0.29, 0.717) is 23.2 Å². The highest BCUT2D eigenvalue weighted by atomic mass is 32.2. The number of ether oxygens (including phenoxy) is 2. The van der Waals surface area contributed by atoms with Gasteiger partial charge in [-0.1, -0.05) is 31.2 Å². The van der Waals surface area contributed by atoms with Crippen LogP contribution in [0.5, 0.6) is 5.75 Å². The van der Waals surface area contributed by atoms with Gasteiger partial charge < -0.3 is 19.7 Å². The molecular formula is C22H31N3O6S2. The van der Waals surface area contributed by atoms with Crippen molar-refractivity contribution in [1.82, 2.24) is 5.32 Å². The SMILES string of the molecule is CCCCOc1cccc(N2C(=NC(=O)CNC(=O)OC(C)(C)C)S[C@@H]3CS(=O)(=O)C[C@H]32)c1. The first-order valence-electron chi connectivity index (χ1n) is 10.9. The van der Waals surface area contributed by atoms with E-state index in [1.165, 1.54) is 11.8 Å². The third-order valence-corrected chi connectivity index (χ3v) is 8.14. The van der Waals surface area contributed by atoms with Crippen LogP contribution in [0, 0.1) is 0 Å². The summed E-state index contributed by atoms with van der Waals surface area (Å²) in [5.74, 6) is 0.156. The average molecular weight is 498 g/mol. The normalized spacial score (nSPS) is 22.8. The number of amides is 2. The minimum atomic E-state index is -3.17. The molecule has 2 heterocycles. The number of nitrogens with zero attached hydrogens (tertiary/aromatic N) is 2. The molecule has 2 fully saturated rings. The number of aliphatic imine (C=N–C) groups is 1. The highest BCUT2D eigenvalue weighted by Crippen LogP contribution is 2.41. The van der Waals surface area contributed by atoms with Crippen LogP contribution < -0.4 is 15.0 Å². The van der Waals surface area contributed by atoms with Crippen molar-refractivity contribution in [2.45, 2.75) is 57.4 Å². The molecule has 0 aromatic heterocycles. The van der Waals surface area contributed by atoms with Crippen LogP contribution in [0.4, 0.5) is 10.5 Å². The number of carbonyl (C=O) groups is 2. The van der Waals surface area contributed by atoms with Gasteiger partial charge in [0.05, 0.1) is 24.2 Å². The number of thioether (sulfide) groups is 1. The van der Waals surface area contributed by atoms with Crippen molar-refractivity contribution in [3.63, 3.8) is 0 Å². The fourth-order valence-corrected chi connectivity index (χ4v) is 7.46. The summed E-state index contributed by atoms with van der Waals surface area (Å²) >= 11 is 1.28. The van der Waals surface area contributed by atoms with Crippen LogP contribution in [0.3, 0.4) is 0 Å². The zero-order valence-electron chi connectivity index (χ0n) is 19.4. The molecule has 1 N–H and O–H groups in total. The van der Waals surface area contributed by atoms with E-state index in [9.17, 15) is 18.0 Å². The van der Waals surface area contributed by atoms with Crippen molar-refractivity contribution in [2.75, 3.05) is 29.6 Å². The summed E-state index contributed by atoms with van der Waals surface area (Å²) in [5.41, 5.74) is 0.0392. The average Bonchev–Trinajstić information content (AvgIpc) is 3.16. The summed E-state index contributed by atoms with van der Waals surface area (Å²) < 4.78 is 35.4. The number of sulfone groups is 1. The molecule has 0 spiro atoms. The number of hydrogen-bond donors (Lipinski definition) is 1. The Bertz CT molecular complexity index is 1020. The zero-order valence-corrected chi connectivity index (χ0v) is 21.0. The molecule has 33 heavy (non-hydrogen) atoms. The van der Waals surface area contributed by atoms with Gasteiger partial charge in [-0.2, -0.15) is 4.99 Å². The topological polar surface area (TPSA) is 114 Å². The molecule has 182 valence electrons. The minimum absolute atomic E-state index is 0.00500.